The summed E-state index contributed by atoms with van der Waals surface area (Å²) in [7, 11) is 1.66. The summed E-state index contributed by atoms with van der Waals surface area (Å²) in [6.07, 6.45) is 2.84. The number of rotatable bonds is 4. The predicted molar refractivity (Wildman–Crippen MR) is 93.5 cm³/mol. The van der Waals surface area contributed by atoms with Gasteiger partial charge < -0.3 is 14.6 Å². The van der Waals surface area contributed by atoms with Crippen LogP contribution in [-0.4, -0.2) is 36.0 Å². The number of ether oxygens (including phenoxy) is 1. The number of methoxy groups -OCH3 is 1. The maximum atomic E-state index is 13.0. The van der Waals surface area contributed by atoms with Gasteiger partial charge >= 0.3 is 0 Å². The first-order valence-corrected chi connectivity index (χ1v) is 8.65. The summed E-state index contributed by atoms with van der Waals surface area (Å²) in [6, 6.07) is 3.72. The molecule has 1 aromatic heterocycles. The van der Waals surface area contributed by atoms with Gasteiger partial charge in [0.15, 0.2) is 0 Å². The Morgan fingerprint density at radius 2 is 2.13 bits per heavy atom. The maximum absolute atomic E-state index is 13.0. The van der Waals surface area contributed by atoms with Crippen LogP contribution in [0.2, 0.25) is 5.02 Å². The first-order chi connectivity index (χ1) is 11.1. The minimum atomic E-state index is -0.111. The third-order valence-corrected chi connectivity index (χ3v) is 5.16. The van der Waals surface area contributed by atoms with Crippen LogP contribution in [-0.2, 0) is 11.2 Å². The number of benzene rings is 1. The predicted octanol–water partition coefficient (Wildman–Crippen LogP) is 4.12. The van der Waals surface area contributed by atoms with Crippen LogP contribution in [0.5, 0.6) is 5.75 Å². The molecule has 1 unspecified atom stereocenters. The molecule has 0 saturated heterocycles. The number of aromatic nitrogens is 1. The number of aryl methyl sites for hydroxylation is 1. The van der Waals surface area contributed by atoms with Crippen molar-refractivity contribution in [3.8, 4) is 5.75 Å². The molecule has 0 saturated carbocycles. The minimum Gasteiger partial charge on any atom is -0.496 e. The molecule has 2 aromatic rings. The molecule has 1 aromatic carbocycles. The lowest BCUT2D eigenvalue weighted by molar-refractivity contribution is -0.132. The second-order valence-electron chi connectivity index (χ2n) is 5.97. The molecule has 1 N–H and O–H groups in total. The average molecular weight is 335 g/mol. The van der Waals surface area contributed by atoms with Crippen molar-refractivity contribution in [2.75, 3.05) is 20.2 Å². The van der Waals surface area contributed by atoms with Gasteiger partial charge in [0.1, 0.15) is 5.75 Å². The number of hydrogen-bond donors (Lipinski definition) is 1. The molecule has 124 valence electrons. The van der Waals surface area contributed by atoms with Gasteiger partial charge in [-0.05, 0) is 50.8 Å². The van der Waals surface area contributed by atoms with Crippen molar-refractivity contribution in [2.45, 2.75) is 39.0 Å². The van der Waals surface area contributed by atoms with Crippen LogP contribution in [0.15, 0.2) is 12.1 Å². The number of H-pyrrole nitrogens is 1. The molecule has 0 fully saturated rings. The van der Waals surface area contributed by atoms with E-state index in [2.05, 4.69) is 4.98 Å². The number of fused-ring (bicyclic) bond motifs is 3. The lowest BCUT2D eigenvalue weighted by Gasteiger charge is -2.28. The highest BCUT2D eigenvalue weighted by Crippen LogP contribution is 2.43. The van der Waals surface area contributed by atoms with Gasteiger partial charge in [-0.1, -0.05) is 11.6 Å². The van der Waals surface area contributed by atoms with Crippen molar-refractivity contribution < 1.29 is 9.53 Å². The summed E-state index contributed by atoms with van der Waals surface area (Å²) in [4.78, 5) is 18.3. The summed E-state index contributed by atoms with van der Waals surface area (Å²) in [6.45, 7) is 5.53. The van der Waals surface area contributed by atoms with Gasteiger partial charge in [0.05, 0.1) is 23.6 Å². The fraction of sp³-hybridized carbons (Fsp3) is 0.500. The van der Waals surface area contributed by atoms with Crippen molar-refractivity contribution in [1.82, 2.24) is 9.88 Å². The first-order valence-electron chi connectivity index (χ1n) is 8.28. The van der Waals surface area contributed by atoms with Crippen molar-refractivity contribution in [2.24, 2.45) is 0 Å². The number of carbonyl (C=O) groups is 1. The molecule has 1 aliphatic carbocycles. The van der Waals surface area contributed by atoms with Crippen LogP contribution in [0, 0.1) is 0 Å². The van der Waals surface area contributed by atoms with E-state index in [0.717, 1.165) is 60.3 Å². The summed E-state index contributed by atoms with van der Waals surface area (Å²) in [5, 5.41) is 1.64. The zero-order valence-electron chi connectivity index (χ0n) is 13.9. The van der Waals surface area contributed by atoms with Crippen molar-refractivity contribution in [3.63, 3.8) is 0 Å². The van der Waals surface area contributed by atoms with Crippen LogP contribution in [0.4, 0.5) is 0 Å². The Morgan fingerprint density at radius 3 is 2.78 bits per heavy atom. The van der Waals surface area contributed by atoms with Crippen LogP contribution in [0.1, 0.15) is 43.9 Å². The Labute approximate surface area is 141 Å². The third-order valence-electron chi connectivity index (χ3n) is 4.85. The largest absolute Gasteiger partial charge is 0.496 e. The Morgan fingerprint density at radius 1 is 1.39 bits per heavy atom. The quantitative estimate of drug-likeness (QED) is 0.914. The van der Waals surface area contributed by atoms with E-state index >= 15 is 0 Å². The Kier molecular flexibility index (Phi) is 4.53. The number of hydrogen-bond acceptors (Lipinski definition) is 2. The molecule has 4 nitrogen and oxygen atoms in total. The third kappa shape index (κ3) is 2.59. The fourth-order valence-electron chi connectivity index (χ4n) is 3.70. The van der Waals surface area contributed by atoms with E-state index in [4.69, 9.17) is 16.3 Å². The van der Waals surface area contributed by atoms with Crippen LogP contribution < -0.4 is 4.74 Å². The molecular weight excluding hydrogens is 312 g/mol. The monoisotopic (exact) mass is 334 g/mol. The minimum absolute atomic E-state index is 0.111. The van der Waals surface area contributed by atoms with E-state index < -0.39 is 0 Å². The molecule has 0 radical (unpaired) electrons. The van der Waals surface area contributed by atoms with Gasteiger partial charge in [-0.15, -0.1) is 0 Å². The van der Waals surface area contributed by atoms with Gasteiger partial charge in [0.25, 0.3) is 0 Å². The molecule has 1 aliphatic rings. The topological polar surface area (TPSA) is 45.3 Å². The SMILES string of the molecule is CCN(CC)C(=O)C1CCCc2[nH]c3c(Cl)ccc(OC)c3c21. The van der Waals surface area contributed by atoms with Crippen LogP contribution in [0.25, 0.3) is 10.9 Å². The molecule has 1 heterocycles. The zero-order valence-corrected chi connectivity index (χ0v) is 14.7. The van der Waals surface area contributed by atoms with Crippen LogP contribution >= 0.6 is 11.6 Å². The molecule has 0 aliphatic heterocycles. The number of likely N-dealkylation sites (N-methyl/N-ethyl adjacent to an activating group) is 1. The molecule has 23 heavy (non-hydrogen) atoms. The van der Waals surface area contributed by atoms with Gasteiger partial charge in [0.2, 0.25) is 5.91 Å². The standard InChI is InChI=1S/C18H23ClN2O2/c1-4-21(5-2)18(22)11-7-6-8-13-15(11)16-14(23-3)10-9-12(19)17(16)20-13/h9-11,20H,4-8H2,1-3H3. The normalized spacial score (nSPS) is 17.1. The Bertz CT molecular complexity index is 734. The van der Waals surface area contributed by atoms with Crippen molar-refractivity contribution in [1.29, 1.82) is 0 Å². The second kappa shape index (κ2) is 6.44. The molecule has 0 spiro atoms. The van der Waals surface area contributed by atoms with Crippen LogP contribution in [0.3, 0.4) is 0 Å². The fourth-order valence-corrected chi connectivity index (χ4v) is 3.90. The number of amides is 1. The Balaban J connectivity index is 2.19. The zero-order chi connectivity index (χ0) is 16.6. The molecule has 5 heteroatoms. The molecule has 1 amide bonds. The van der Waals surface area contributed by atoms with Crippen molar-refractivity contribution >= 4 is 28.4 Å². The van der Waals surface area contributed by atoms with Gasteiger partial charge in [-0.3, -0.25) is 4.79 Å². The number of nitrogens with one attached hydrogen (secondary N) is 1. The average Bonchev–Trinajstić information content (AvgIpc) is 2.97. The number of nitrogens with zero attached hydrogens (tertiary/aromatic N) is 1. The summed E-state index contributed by atoms with van der Waals surface area (Å²) in [5.74, 6) is 0.875. The maximum Gasteiger partial charge on any atom is 0.230 e. The van der Waals surface area contributed by atoms with Crippen molar-refractivity contribution in [3.05, 3.63) is 28.4 Å². The van der Waals surface area contributed by atoms with E-state index in [1.165, 1.54) is 0 Å². The van der Waals surface area contributed by atoms with E-state index in [0.29, 0.717) is 5.02 Å². The molecular formula is C18H23ClN2O2. The van der Waals surface area contributed by atoms with Gasteiger partial charge in [-0.25, -0.2) is 0 Å². The molecule has 3 rings (SSSR count). The lowest BCUT2D eigenvalue weighted by atomic mass is 9.84. The van der Waals surface area contributed by atoms with Gasteiger partial charge in [0, 0.05) is 24.2 Å². The number of halogens is 1. The highest BCUT2D eigenvalue weighted by molar-refractivity contribution is 6.35. The smallest absolute Gasteiger partial charge is 0.230 e. The van der Waals surface area contributed by atoms with E-state index in [9.17, 15) is 4.79 Å². The first kappa shape index (κ1) is 16.2. The molecule has 0 bridgehead atoms. The Hall–Kier alpha value is -1.68. The highest BCUT2D eigenvalue weighted by Gasteiger charge is 2.33. The molecule has 1 atom stereocenters. The number of carbonyl (C=O) groups excluding carboxylic acids is 1. The van der Waals surface area contributed by atoms with E-state index in [-0.39, 0.29) is 11.8 Å². The van der Waals surface area contributed by atoms with Gasteiger partial charge in [-0.2, -0.15) is 0 Å². The second-order valence-corrected chi connectivity index (χ2v) is 6.38. The summed E-state index contributed by atoms with van der Waals surface area (Å²) < 4.78 is 5.54. The summed E-state index contributed by atoms with van der Waals surface area (Å²) >= 11 is 6.37. The van der Waals surface area contributed by atoms with E-state index in [1.54, 1.807) is 7.11 Å². The lowest BCUT2D eigenvalue weighted by Crippen LogP contribution is -2.36. The van der Waals surface area contributed by atoms with E-state index in [1.807, 2.05) is 30.9 Å². The highest BCUT2D eigenvalue weighted by atomic mass is 35.5. The number of aromatic amines is 1. The summed E-state index contributed by atoms with van der Waals surface area (Å²) in [5.41, 5.74) is 3.10.